The van der Waals surface area contributed by atoms with Crippen LogP contribution in [0.15, 0.2) is 0 Å². The zero-order valence-corrected chi connectivity index (χ0v) is 9.72. The van der Waals surface area contributed by atoms with Crippen molar-refractivity contribution in [1.82, 2.24) is 10.6 Å². The Morgan fingerprint density at radius 3 is 2.29 bits per heavy atom. The Bertz CT molecular complexity index is 191. The molecule has 0 aromatic carbocycles. The number of amides is 1. The maximum atomic E-state index is 11.1. The highest BCUT2D eigenvalue weighted by molar-refractivity contribution is 5.76. The summed E-state index contributed by atoms with van der Waals surface area (Å²) >= 11 is 0. The zero-order valence-electron chi connectivity index (χ0n) is 9.72. The van der Waals surface area contributed by atoms with Crippen molar-refractivity contribution in [3.05, 3.63) is 0 Å². The molecule has 0 bridgehead atoms. The largest absolute Gasteiger partial charge is 0.392 e. The Morgan fingerprint density at radius 2 is 1.93 bits per heavy atom. The number of carbonyl (C=O) groups is 1. The third-order valence-electron chi connectivity index (χ3n) is 2.43. The normalized spacial score (nSPS) is 16.1. The molecule has 0 rings (SSSR count). The molecule has 0 aromatic rings. The van der Waals surface area contributed by atoms with Crippen molar-refractivity contribution >= 4 is 5.91 Å². The van der Waals surface area contributed by atoms with E-state index in [9.17, 15) is 9.90 Å². The Labute approximate surface area is 86.1 Å². The highest BCUT2D eigenvalue weighted by atomic mass is 16.3. The van der Waals surface area contributed by atoms with Crippen molar-refractivity contribution in [3.8, 4) is 0 Å². The summed E-state index contributed by atoms with van der Waals surface area (Å²) in [5.41, 5.74) is -0.368. The van der Waals surface area contributed by atoms with Gasteiger partial charge in [0.1, 0.15) is 0 Å². The minimum atomic E-state index is -0.449. The van der Waals surface area contributed by atoms with Crippen LogP contribution < -0.4 is 10.6 Å². The van der Waals surface area contributed by atoms with E-state index in [1.165, 1.54) is 0 Å². The van der Waals surface area contributed by atoms with Gasteiger partial charge in [-0.25, -0.2) is 0 Å². The molecule has 4 nitrogen and oxygen atoms in total. The van der Waals surface area contributed by atoms with Gasteiger partial charge in [0, 0.05) is 25.0 Å². The van der Waals surface area contributed by atoms with Gasteiger partial charge in [0.25, 0.3) is 0 Å². The van der Waals surface area contributed by atoms with Crippen LogP contribution in [0.5, 0.6) is 0 Å². The van der Waals surface area contributed by atoms with Crippen LogP contribution in [0.2, 0.25) is 0 Å². The summed E-state index contributed by atoms with van der Waals surface area (Å²) in [7, 11) is 1.62. The predicted octanol–water partition coefficient (Wildman–Crippen LogP) is 0.260. The van der Waals surface area contributed by atoms with Gasteiger partial charge in [-0.15, -0.1) is 0 Å². The maximum absolute atomic E-state index is 11.1. The first-order valence-electron chi connectivity index (χ1n) is 4.96. The standard InChI is InChI=1S/C10H22N2O2/c1-7(6-9(14)11-5)12-10(3,4)8(2)13/h7-8,12-13H,6H2,1-5H3,(H,11,14). The first kappa shape index (κ1) is 13.4. The third-order valence-corrected chi connectivity index (χ3v) is 2.43. The molecule has 0 heterocycles. The fourth-order valence-electron chi connectivity index (χ4n) is 1.19. The van der Waals surface area contributed by atoms with Gasteiger partial charge in [0.05, 0.1) is 6.10 Å². The molecule has 14 heavy (non-hydrogen) atoms. The van der Waals surface area contributed by atoms with Crippen LogP contribution in [0.4, 0.5) is 0 Å². The average molecular weight is 202 g/mol. The minimum absolute atomic E-state index is 0.00592. The second-order valence-electron chi connectivity index (χ2n) is 4.32. The van der Waals surface area contributed by atoms with Crippen molar-refractivity contribution in [1.29, 1.82) is 0 Å². The molecular weight excluding hydrogens is 180 g/mol. The summed E-state index contributed by atoms with van der Waals surface area (Å²) in [6, 6.07) is 0.0551. The number of hydrogen-bond acceptors (Lipinski definition) is 3. The molecule has 0 saturated heterocycles. The highest BCUT2D eigenvalue weighted by Gasteiger charge is 2.25. The van der Waals surface area contributed by atoms with Crippen LogP contribution >= 0.6 is 0 Å². The van der Waals surface area contributed by atoms with E-state index in [0.717, 1.165) is 0 Å². The summed E-state index contributed by atoms with van der Waals surface area (Å²) < 4.78 is 0. The molecule has 84 valence electrons. The van der Waals surface area contributed by atoms with E-state index in [1.54, 1.807) is 14.0 Å². The van der Waals surface area contributed by atoms with Crippen molar-refractivity contribution in [3.63, 3.8) is 0 Å². The lowest BCUT2D eigenvalue weighted by Crippen LogP contribution is -2.52. The quantitative estimate of drug-likeness (QED) is 0.599. The van der Waals surface area contributed by atoms with Crippen LogP contribution in [0.3, 0.4) is 0 Å². The van der Waals surface area contributed by atoms with E-state index in [-0.39, 0.29) is 17.5 Å². The second kappa shape index (κ2) is 5.32. The van der Waals surface area contributed by atoms with Crippen LogP contribution in [-0.2, 0) is 4.79 Å². The lowest BCUT2D eigenvalue weighted by atomic mass is 9.97. The van der Waals surface area contributed by atoms with Crippen molar-refractivity contribution in [2.75, 3.05) is 7.05 Å². The Balaban J connectivity index is 4.05. The number of rotatable bonds is 5. The highest BCUT2D eigenvalue weighted by Crippen LogP contribution is 2.10. The molecule has 0 saturated carbocycles. The van der Waals surface area contributed by atoms with Gasteiger partial charge in [-0.05, 0) is 27.7 Å². The summed E-state index contributed by atoms with van der Waals surface area (Å²) in [5, 5.41) is 15.2. The fraction of sp³-hybridized carbons (Fsp3) is 0.900. The molecular formula is C10H22N2O2. The number of aliphatic hydroxyl groups excluding tert-OH is 1. The lowest BCUT2D eigenvalue weighted by molar-refractivity contribution is -0.121. The number of aliphatic hydroxyl groups is 1. The molecule has 0 aliphatic carbocycles. The fourth-order valence-corrected chi connectivity index (χ4v) is 1.19. The zero-order chi connectivity index (χ0) is 11.4. The molecule has 4 heteroatoms. The number of nitrogens with one attached hydrogen (secondary N) is 2. The van der Waals surface area contributed by atoms with Gasteiger partial charge in [-0.3, -0.25) is 4.79 Å². The van der Waals surface area contributed by atoms with E-state index in [0.29, 0.717) is 6.42 Å². The molecule has 3 N–H and O–H groups in total. The molecule has 0 spiro atoms. The van der Waals surface area contributed by atoms with Gasteiger partial charge in [-0.2, -0.15) is 0 Å². The minimum Gasteiger partial charge on any atom is -0.392 e. The molecule has 2 unspecified atom stereocenters. The number of hydrogen-bond donors (Lipinski definition) is 3. The van der Waals surface area contributed by atoms with E-state index < -0.39 is 6.10 Å². The third kappa shape index (κ3) is 4.58. The Kier molecular flexibility index (Phi) is 5.08. The van der Waals surface area contributed by atoms with Crippen LogP contribution in [0.25, 0.3) is 0 Å². The molecule has 2 atom stereocenters. The first-order chi connectivity index (χ1) is 6.29. The summed E-state index contributed by atoms with van der Waals surface area (Å²) in [5.74, 6) is 0.00592. The van der Waals surface area contributed by atoms with Crippen molar-refractivity contribution < 1.29 is 9.90 Å². The van der Waals surface area contributed by atoms with Crippen molar-refractivity contribution in [2.45, 2.75) is 51.8 Å². The van der Waals surface area contributed by atoms with E-state index in [4.69, 9.17) is 0 Å². The van der Waals surface area contributed by atoms with E-state index in [2.05, 4.69) is 10.6 Å². The molecule has 0 radical (unpaired) electrons. The van der Waals surface area contributed by atoms with Gasteiger partial charge in [-0.1, -0.05) is 0 Å². The number of carbonyl (C=O) groups excluding carboxylic acids is 1. The summed E-state index contributed by atoms with van der Waals surface area (Å²) in [4.78, 5) is 11.1. The van der Waals surface area contributed by atoms with E-state index >= 15 is 0 Å². The SMILES string of the molecule is CNC(=O)CC(C)NC(C)(C)C(C)O. The molecule has 1 amide bonds. The first-order valence-corrected chi connectivity index (χ1v) is 4.96. The van der Waals surface area contributed by atoms with Gasteiger partial charge >= 0.3 is 0 Å². The molecule has 0 aliphatic rings. The molecule has 0 aromatic heterocycles. The Hall–Kier alpha value is -0.610. The topological polar surface area (TPSA) is 61.4 Å². The predicted molar refractivity (Wildman–Crippen MR) is 57.0 cm³/mol. The van der Waals surface area contributed by atoms with E-state index in [1.807, 2.05) is 20.8 Å². The van der Waals surface area contributed by atoms with Gasteiger partial charge in [0.15, 0.2) is 0 Å². The Morgan fingerprint density at radius 1 is 1.43 bits per heavy atom. The average Bonchev–Trinajstić information content (AvgIpc) is 2.02. The smallest absolute Gasteiger partial charge is 0.221 e. The van der Waals surface area contributed by atoms with Crippen LogP contribution in [-0.4, -0.2) is 35.7 Å². The molecule has 0 fully saturated rings. The van der Waals surface area contributed by atoms with Crippen LogP contribution in [0.1, 0.15) is 34.1 Å². The lowest BCUT2D eigenvalue weighted by Gasteiger charge is -2.32. The van der Waals surface area contributed by atoms with Gasteiger partial charge in [0.2, 0.25) is 5.91 Å². The van der Waals surface area contributed by atoms with Gasteiger partial charge < -0.3 is 15.7 Å². The van der Waals surface area contributed by atoms with Crippen molar-refractivity contribution in [2.24, 2.45) is 0 Å². The summed E-state index contributed by atoms with van der Waals surface area (Å²) in [6.45, 7) is 7.50. The summed E-state index contributed by atoms with van der Waals surface area (Å²) in [6.07, 6.45) is -0.0261. The second-order valence-corrected chi connectivity index (χ2v) is 4.32. The molecule has 0 aliphatic heterocycles. The van der Waals surface area contributed by atoms with Crippen LogP contribution in [0, 0.1) is 0 Å². The monoisotopic (exact) mass is 202 g/mol. The maximum Gasteiger partial charge on any atom is 0.221 e.